The molecule has 0 unspecified atom stereocenters. The van der Waals surface area contributed by atoms with Crippen molar-refractivity contribution in [1.29, 1.82) is 0 Å². The lowest BCUT2D eigenvalue weighted by atomic mass is 9.96. The molecular formula is C16H16FN3O4S. The van der Waals surface area contributed by atoms with Gasteiger partial charge in [0.25, 0.3) is 0 Å². The van der Waals surface area contributed by atoms with Crippen LogP contribution in [0.25, 0.3) is 21.6 Å². The molecule has 1 aliphatic heterocycles. The summed E-state index contributed by atoms with van der Waals surface area (Å²) in [5.74, 6) is -0.555. The highest BCUT2D eigenvalue weighted by molar-refractivity contribution is 7.13. The second-order valence-electron chi connectivity index (χ2n) is 6.16. The fourth-order valence-electron chi connectivity index (χ4n) is 3.21. The van der Waals surface area contributed by atoms with Crippen LogP contribution in [0.3, 0.4) is 0 Å². The average Bonchev–Trinajstić information content (AvgIpc) is 3.28. The molecule has 3 N–H and O–H groups in total. The average molecular weight is 365 g/mol. The molecule has 0 aromatic carbocycles. The Bertz CT molecular complexity index is 912. The molecule has 0 spiro atoms. The molecule has 132 valence electrons. The number of aromatic nitrogens is 3. The lowest BCUT2D eigenvalue weighted by Crippen LogP contribution is -2.44. The molecule has 3 aromatic heterocycles. The van der Waals surface area contributed by atoms with E-state index in [1.54, 1.807) is 0 Å². The molecule has 4 heterocycles. The SMILES string of the molecule is C[C@@]1(O)[C@H](O)[C@@H](CO)O[C@H]1n1cc(F)c2c(-c3cccs3)ncnc21. The molecule has 1 aliphatic rings. The smallest absolute Gasteiger partial charge is 0.167 e. The highest BCUT2D eigenvalue weighted by Crippen LogP contribution is 2.41. The Hall–Kier alpha value is -1.91. The van der Waals surface area contributed by atoms with Crippen molar-refractivity contribution in [2.45, 2.75) is 31.0 Å². The predicted octanol–water partition coefficient (Wildman–Crippen LogP) is 1.30. The van der Waals surface area contributed by atoms with E-state index in [0.29, 0.717) is 5.69 Å². The lowest BCUT2D eigenvalue weighted by Gasteiger charge is -2.27. The molecule has 0 saturated carbocycles. The van der Waals surface area contributed by atoms with Crippen LogP contribution in [0.4, 0.5) is 4.39 Å². The summed E-state index contributed by atoms with van der Waals surface area (Å²) in [6.45, 7) is 0.911. The van der Waals surface area contributed by atoms with Crippen molar-refractivity contribution in [1.82, 2.24) is 14.5 Å². The van der Waals surface area contributed by atoms with E-state index < -0.39 is 36.5 Å². The van der Waals surface area contributed by atoms with Crippen molar-refractivity contribution >= 4 is 22.4 Å². The van der Waals surface area contributed by atoms with Gasteiger partial charge in [-0.25, -0.2) is 14.4 Å². The Kier molecular flexibility index (Phi) is 3.85. The van der Waals surface area contributed by atoms with Crippen molar-refractivity contribution in [2.24, 2.45) is 0 Å². The van der Waals surface area contributed by atoms with Crippen molar-refractivity contribution in [3.8, 4) is 10.6 Å². The van der Waals surface area contributed by atoms with Crippen molar-refractivity contribution in [3.63, 3.8) is 0 Å². The minimum absolute atomic E-state index is 0.214. The first-order valence-electron chi connectivity index (χ1n) is 7.66. The zero-order chi connectivity index (χ0) is 17.8. The summed E-state index contributed by atoms with van der Waals surface area (Å²) in [5.41, 5.74) is -1.03. The van der Waals surface area contributed by atoms with Crippen LogP contribution in [0, 0.1) is 5.82 Å². The van der Waals surface area contributed by atoms with Crippen LogP contribution >= 0.6 is 11.3 Å². The summed E-state index contributed by atoms with van der Waals surface area (Å²) in [6.07, 6.45) is -0.905. The number of hydrogen-bond acceptors (Lipinski definition) is 7. The molecule has 1 saturated heterocycles. The number of nitrogens with zero attached hydrogens (tertiary/aromatic N) is 3. The third-order valence-electron chi connectivity index (χ3n) is 4.50. The first-order chi connectivity index (χ1) is 11.9. The molecule has 1 fully saturated rings. The third-order valence-corrected chi connectivity index (χ3v) is 5.38. The summed E-state index contributed by atoms with van der Waals surface area (Å²) < 4.78 is 21.6. The van der Waals surface area contributed by atoms with E-state index in [1.807, 2.05) is 17.5 Å². The number of halogens is 1. The summed E-state index contributed by atoms with van der Waals surface area (Å²) in [7, 11) is 0. The van der Waals surface area contributed by atoms with Crippen molar-refractivity contribution < 1.29 is 24.4 Å². The Morgan fingerprint density at radius 1 is 1.44 bits per heavy atom. The van der Waals surface area contributed by atoms with Crippen LogP contribution in [-0.4, -0.2) is 54.3 Å². The molecule has 25 heavy (non-hydrogen) atoms. The highest BCUT2D eigenvalue weighted by Gasteiger charge is 2.53. The standard InChI is InChI=1S/C16H16FN3O4S/c1-16(23)13(22)9(6-21)24-15(16)20-5-8(17)11-12(10-3-2-4-25-10)18-7-19-14(11)20/h2-5,7,9,13,15,21-23H,6H2,1H3/t9-,13-,15-,16-/m1/s1. The maximum Gasteiger partial charge on any atom is 0.167 e. The third kappa shape index (κ3) is 2.39. The number of thiophene rings is 1. The Morgan fingerprint density at radius 3 is 2.88 bits per heavy atom. The van der Waals surface area contributed by atoms with Gasteiger partial charge in [0, 0.05) is 6.20 Å². The van der Waals surface area contributed by atoms with Gasteiger partial charge in [0.05, 0.1) is 22.6 Å². The van der Waals surface area contributed by atoms with Gasteiger partial charge in [-0.15, -0.1) is 11.3 Å². The van der Waals surface area contributed by atoms with Crippen LogP contribution in [0.1, 0.15) is 13.2 Å². The minimum atomic E-state index is -1.72. The van der Waals surface area contributed by atoms with E-state index in [9.17, 15) is 19.7 Å². The fraction of sp³-hybridized carbons (Fsp3) is 0.375. The van der Waals surface area contributed by atoms with Crippen LogP contribution in [0.5, 0.6) is 0 Å². The van der Waals surface area contributed by atoms with Gasteiger partial charge in [0.2, 0.25) is 0 Å². The van der Waals surface area contributed by atoms with E-state index in [0.717, 1.165) is 4.88 Å². The zero-order valence-corrected chi connectivity index (χ0v) is 14.0. The highest BCUT2D eigenvalue weighted by atomic mass is 32.1. The fourth-order valence-corrected chi connectivity index (χ4v) is 3.94. The number of fused-ring (bicyclic) bond motifs is 1. The molecule has 0 amide bonds. The van der Waals surface area contributed by atoms with E-state index in [-0.39, 0.29) is 11.0 Å². The van der Waals surface area contributed by atoms with E-state index in [1.165, 1.54) is 35.4 Å². The first kappa shape index (κ1) is 16.6. The Morgan fingerprint density at radius 2 is 2.24 bits per heavy atom. The largest absolute Gasteiger partial charge is 0.394 e. The van der Waals surface area contributed by atoms with Crippen molar-refractivity contribution in [3.05, 3.63) is 35.9 Å². The zero-order valence-electron chi connectivity index (χ0n) is 13.2. The molecule has 9 heteroatoms. The van der Waals surface area contributed by atoms with E-state index in [4.69, 9.17) is 4.74 Å². The quantitative estimate of drug-likeness (QED) is 0.647. The summed E-state index contributed by atoms with van der Waals surface area (Å²) in [4.78, 5) is 9.11. The summed E-state index contributed by atoms with van der Waals surface area (Å²) in [6, 6.07) is 3.67. The number of ether oxygens (including phenoxy) is 1. The van der Waals surface area contributed by atoms with E-state index >= 15 is 0 Å². The number of rotatable bonds is 3. The Balaban J connectivity index is 1.89. The van der Waals surface area contributed by atoms with Crippen LogP contribution in [0.2, 0.25) is 0 Å². The van der Waals surface area contributed by atoms with Crippen LogP contribution in [-0.2, 0) is 4.74 Å². The molecular weight excluding hydrogens is 349 g/mol. The molecule has 0 radical (unpaired) electrons. The number of hydrogen-bond donors (Lipinski definition) is 3. The molecule has 7 nitrogen and oxygen atoms in total. The normalized spacial score (nSPS) is 29.6. The van der Waals surface area contributed by atoms with Gasteiger partial charge in [-0.1, -0.05) is 6.07 Å². The Labute approximate surface area is 146 Å². The maximum atomic E-state index is 14.7. The topological polar surface area (TPSA) is 101 Å². The minimum Gasteiger partial charge on any atom is -0.394 e. The van der Waals surface area contributed by atoms with Gasteiger partial charge < -0.3 is 20.1 Å². The van der Waals surface area contributed by atoms with Crippen molar-refractivity contribution in [2.75, 3.05) is 6.61 Å². The number of aliphatic hydroxyl groups excluding tert-OH is 2. The molecule has 4 rings (SSSR count). The lowest BCUT2D eigenvalue weighted by molar-refractivity contribution is -0.0949. The first-order valence-corrected chi connectivity index (χ1v) is 8.54. The van der Waals surface area contributed by atoms with Gasteiger partial charge in [-0.3, -0.25) is 4.57 Å². The molecule has 4 atom stereocenters. The summed E-state index contributed by atoms with van der Waals surface area (Å²) in [5, 5.41) is 32.2. The summed E-state index contributed by atoms with van der Waals surface area (Å²) >= 11 is 1.43. The predicted molar refractivity (Wildman–Crippen MR) is 88.4 cm³/mol. The number of aliphatic hydroxyl groups is 3. The maximum absolute atomic E-state index is 14.7. The van der Waals surface area contributed by atoms with Crippen LogP contribution in [0.15, 0.2) is 30.0 Å². The van der Waals surface area contributed by atoms with Gasteiger partial charge in [-0.05, 0) is 18.4 Å². The van der Waals surface area contributed by atoms with Gasteiger partial charge >= 0.3 is 0 Å². The second-order valence-corrected chi connectivity index (χ2v) is 7.11. The molecule has 3 aromatic rings. The molecule has 0 bridgehead atoms. The second kappa shape index (κ2) is 5.82. The molecule has 0 aliphatic carbocycles. The van der Waals surface area contributed by atoms with Gasteiger partial charge in [-0.2, -0.15) is 0 Å². The van der Waals surface area contributed by atoms with Crippen LogP contribution < -0.4 is 0 Å². The van der Waals surface area contributed by atoms with Gasteiger partial charge in [0.15, 0.2) is 12.0 Å². The van der Waals surface area contributed by atoms with E-state index in [2.05, 4.69) is 9.97 Å². The van der Waals surface area contributed by atoms with Gasteiger partial charge in [0.1, 0.15) is 29.8 Å². The monoisotopic (exact) mass is 365 g/mol.